The third-order valence-electron chi connectivity index (χ3n) is 3.40. The predicted molar refractivity (Wildman–Crippen MR) is 93.7 cm³/mol. The molecule has 0 fully saturated rings. The highest BCUT2D eigenvalue weighted by molar-refractivity contribution is 5.35. The van der Waals surface area contributed by atoms with Gasteiger partial charge in [0.05, 0.1) is 0 Å². The number of alkyl halides is 3. The molecule has 0 unspecified atom stereocenters. The highest BCUT2D eigenvalue weighted by Gasteiger charge is 2.30. The average molecular weight is 366 g/mol. The first-order chi connectivity index (χ1) is 12.2. The minimum absolute atomic E-state index is 0.225. The van der Waals surface area contributed by atoms with E-state index in [1.807, 2.05) is 32.9 Å². The Hall–Kier alpha value is -2.77. The molecule has 0 aliphatic rings. The Morgan fingerprint density at radius 2 is 1.73 bits per heavy atom. The van der Waals surface area contributed by atoms with E-state index in [1.165, 1.54) is 12.1 Å². The lowest BCUT2D eigenvalue weighted by molar-refractivity contribution is -0.274. The molecule has 2 rings (SSSR count). The maximum Gasteiger partial charge on any atom is 0.573 e. The highest BCUT2D eigenvalue weighted by atomic mass is 19.4. The van der Waals surface area contributed by atoms with Gasteiger partial charge in [-0.3, -0.25) is 0 Å². The summed E-state index contributed by atoms with van der Waals surface area (Å²) in [5.41, 5.74) is 2.64. The van der Waals surface area contributed by atoms with Crippen LogP contribution in [0.5, 0.6) is 5.75 Å². The van der Waals surface area contributed by atoms with E-state index in [0.717, 1.165) is 22.8 Å². The van der Waals surface area contributed by atoms with Crippen LogP contribution in [0.1, 0.15) is 23.9 Å². The molecule has 0 radical (unpaired) electrons. The van der Waals surface area contributed by atoms with Crippen LogP contribution in [0.3, 0.4) is 0 Å². The third kappa shape index (κ3) is 6.62. The predicted octanol–water partition coefficient (Wildman–Crippen LogP) is 4.10. The molecular formula is C18H21F3N4O. The van der Waals surface area contributed by atoms with Gasteiger partial charge in [0.15, 0.2) is 0 Å². The molecule has 0 saturated carbocycles. The van der Waals surface area contributed by atoms with Gasteiger partial charge in [0.2, 0.25) is 5.95 Å². The van der Waals surface area contributed by atoms with Crippen molar-refractivity contribution in [1.29, 1.82) is 0 Å². The topological polar surface area (TPSA) is 59.1 Å². The smallest absolute Gasteiger partial charge is 0.406 e. The van der Waals surface area contributed by atoms with E-state index >= 15 is 0 Å². The Bertz CT molecular complexity index is 738. The fraction of sp³-hybridized carbons (Fsp3) is 0.333. The molecule has 1 aromatic heterocycles. The zero-order valence-corrected chi connectivity index (χ0v) is 14.8. The lowest BCUT2D eigenvalue weighted by atomic mass is 10.1. The monoisotopic (exact) mass is 366 g/mol. The number of anilines is 1. The lowest BCUT2D eigenvalue weighted by Gasteiger charge is -2.13. The Morgan fingerprint density at radius 1 is 1.12 bits per heavy atom. The van der Waals surface area contributed by atoms with Crippen LogP contribution in [0, 0.1) is 13.8 Å². The summed E-state index contributed by atoms with van der Waals surface area (Å²) in [5.74, 6) is 1.04. The first-order valence-corrected chi connectivity index (χ1v) is 8.09. The fourth-order valence-electron chi connectivity index (χ4n) is 2.32. The summed E-state index contributed by atoms with van der Waals surface area (Å²) in [5, 5.41) is 6.33. The second-order valence-electron chi connectivity index (χ2n) is 5.67. The van der Waals surface area contributed by atoms with Crippen molar-refractivity contribution in [2.45, 2.75) is 33.6 Å². The van der Waals surface area contributed by atoms with Gasteiger partial charge in [0, 0.05) is 17.9 Å². The molecule has 0 bridgehead atoms. The van der Waals surface area contributed by atoms with Crippen molar-refractivity contribution in [2.24, 2.45) is 0 Å². The molecule has 2 aromatic rings. The van der Waals surface area contributed by atoms with Gasteiger partial charge in [-0.15, -0.1) is 13.2 Å². The first-order valence-electron chi connectivity index (χ1n) is 8.09. The number of hydrogen-bond acceptors (Lipinski definition) is 5. The Kier molecular flexibility index (Phi) is 6.43. The number of aryl methyl sites for hydroxylation is 2. The first kappa shape index (κ1) is 19.6. The second kappa shape index (κ2) is 8.55. The summed E-state index contributed by atoms with van der Waals surface area (Å²) < 4.78 is 40.3. The molecule has 1 aromatic carbocycles. The van der Waals surface area contributed by atoms with E-state index in [9.17, 15) is 13.2 Å². The summed E-state index contributed by atoms with van der Waals surface area (Å²) in [6.45, 7) is 6.27. The minimum atomic E-state index is -4.67. The van der Waals surface area contributed by atoms with Crippen LogP contribution in [0.15, 0.2) is 42.2 Å². The minimum Gasteiger partial charge on any atom is -0.406 e. The molecule has 8 heteroatoms. The number of hydrogen-bond donors (Lipinski definition) is 2. The zero-order chi connectivity index (χ0) is 19.2. The van der Waals surface area contributed by atoms with Crippen molar-refractivity contribution in [1.82, 2.24) is 15.3 Å². The van der Waals surface area contributed by atoms with Crippen molar-refractivity contribution in [2.75, 3.05) is 11.9 Å². The summed E-state index contributed by atoms with van der Waals surface area (Å²) >= 11 is 0. The van der Waals surface area contributed by atoms with E-state index in [4.69, 9.17) is 0 Å². The second-order valence-corrected chi connectivity index (χ2v) is 5.67. The summed E-state index contributed by atoms with van der Waals surface area (Å²) in [6.07, 6.45) is -2.17. The molecule has 26 heavy (non-hydrogen) atoms. The van der Waals surface area contributed by atoms with Crippen LogP contribution in [0.25, 0.3) is 0 Å². The van der Waals surface area contributed by atoms with Gasteiger partial charge in [0.1, 0.15) is 11.6 Å². The average Bonchev–Trinajstić information content (AvgIpc) is 2.53. The maximum absolute atomic E-state index is 12.1. The van der Waals surface area contributed by atoms with Crippen molar-refractivity contribution < 1.29 is 17.9 Å². The largest absolute Gasteiger partial charge is 0.573 e. The van der Waals surface area contributed by atoms with Gasteiger partial charge < -0.3 is 15.4 Å². The standard InChI is InChI=1S/C18H21F3N4O/c1-4-16(25-17-23-12(2)11-13(3)24-17)22-10-9-14-5-7-15(8-6-14)26-18(19,20)21/h4-8,11,22H,9-10H2,1-3H3,(H,23,24,25)/b16-4-. The van der Waals surface area contributed by atoms with Crippen molar-refractivity contribution in [3.63, 3.8) is 0 Å². The number of allylic oxidation sites excluding steroid dienone is 1. The number of nitrogens with zero attached hydrogens (tertiary/aromatic N) is 2. The lowest BCUT2D eigenvalue weighted by Crippen LogP contribution is -2.23. The van der Waals surface area contributed by atoms with Crippen LogP contribution in [0.2, 0.25) is 0 Å². The quantitative estimate of drug-likeness (QED) is 0.773. The highest BCUT2D eigenvalue weighted by Crippen LogP contribution is 2.22. The van der Waals surface area contributed by atoms with E-state index in [0.29, 0.717) is 18.9 Å². The van der Waals surface area contributed by atoms with Crippen LogP contribution in [0.4, 0.5) is 19.1 Å². The number of nitrogens with one attached hydrogen (secondary N) is 2. The van der Waals surface area contributed by atoms with Gasteiger partial charge in [0.25, 0.3) is 0 Å². The van der Waals surface area contributed by atoms with Gasteiger partial charge in [-0.1, -0.05) is 12.1 Å². The van der Waals surface area contributed by atoms with Crippen LogP contribution in [-0.2, 0) is 6.42 Å². The Balaban J connectivity index is 1.85. The van der Waals surface area contributed by atoms with Crippen LogP contribution >= 0.6 is 0 Å². The number of benzene rings is 1. The van der Waals surface area contributed by atoms with Gasteiger partial charge in [-0.05, 0) is 57.0 Å². The molecule has 2 N–H and O–H groups in total. The van der Waals surface area contributed by atoms with E-state index in [2.05, 4.69) is 25.3 Å². The molecule has 0 aliphatic carbocycles. The summed E-state index contributed by atoms with van der Waals surface area (Å²) in [6, 6.07) is 7.72. The molecule has 0 amide bonds. The van der Waals surface area contributed by atoms with E-state index in [-0.39, 0.29) is 5.75 Å². The maximum atomic E-state index is 12.1. The van der Waals surface area contributed by atoms with E-state index < -0.39 is 6.36 Å². The molecule has 5 nitrogen and oxygen atoms in total. The Morgan fingerprint density at radius 3 is 2.27 bits per heavy atom. The number of rotatable bonds is 7. The zero-order valence-electron chi connectivity index (χ0n) is 14.8. The summed E-state index contributed by atoms with van der Waals surface area (Å²) in [4.78, 5) is 8.64. The van der Waals surface area contributed by atoms with Crippen molar-refractivity contribution in [3.8, 4) is 5.75 Å². The van der Waals surface area contributed by atoms with Gasteiger partial charge >= 0.3 is 6.36 Å². The van der Waals surface area contributed by atoms with E-state index in [1.54, 1.807) is 12.1 Å². The normalized spacial score (nSPS) is 12.0. The van der Waals surface area contributed by atoms with Crippen LogP contribution < -0.4 is 15.4 Å². The fourth-order valence-corrected chi connectivity index (χ4v) is 2.32. The van der Waals surface area contributed by atoms with Crippen molar-refractivity contribution >= 4 is 5.95 Å². The van der Waals surface area contributed by atoms with Crippen molar-refractivity contribution in [3.05, 3.63) is 59.2 Å². The van der Waals surface area contributed by atoms with Gasteiger partial charge in [-0.25, -0.2) is 9.97 Å². The van der Waals surface area contributed by atoms with Gasteiger partial charge in [-0.2, -0.15) is 0 Å². The number of aromatic nitrogens is 2. The number of ether oxygens (including phenoxy) is 1. The molecular weight excluding hydrogens is 345 g/mol. The molecule has 140 valence electrons. The molecule has 0 saturated heterocycles. The Labute approximate surface area is 150 Å². The molecule has 1 heterocycles. The van der Waals surface area contributed by atoms with Crippen LogP contribution in [-0.4, -0.2) is 22.9 Å². The summed E-state index contributed by atoms with van der Waals surface area (Å²) in [7, 11) is 0. The number of halogens is 3. The molecule has 0 spiro atoms. The third-order valence-corrected chi connectivity index (χ3v) is 3.40. The molecule has 0 atom stereocenters. The SMILES string of the molecule is C/C=C(/NCCc1ccc(OC(F)(F)F)cc1)Nc1nc(C)cc(C)n1. The molecule has 0 aliphatic heterocycles.